The van der Waals surface area contributed by atoms with E-state index in [9.17, 15) is 9.59 Å². The average Bonchev–Trinajstić information content (AvgIpc) is 2.11. The zero-order valence-electron chi connectivity index (χ0n) is 7.28. The van der Waals surface area contributed by atoms with Gasteiger partial charge in [0, 0.05) is 12.7 Å². The number of ketones is 2. The predicted molar refractivity (Wildman–Crippen MR) is 45.1 cm³/mol. The van der Waals surface area contributed by atoms with Gasteiger partial charge < -0.3 is 9.47 Å². The molecule has 4 nitrogen and oxygen atoms in total. The molecule has 0 N–H and O–H groups in total. The standard InChI is InChI=1S/C9H10O4/c1-12-6-13-5-7-4-8(10)2-3-9(7)11/h2-4H,5-6H2,1H3. The maximum Gasteiger partial charge on any atom is 0.184 e. The Balaban J connectivity index is 2.48. The van der Waals surface area contributed by atoms with Gasteiger partial charge in [-0.15, -0.1) is 0 Å². The van der Waals surface area contributed by atoms with Crippen molar-refractivity contribution in [1.29, 1.82) is 0 Å². The van der Waals surface area contributed by atoms with Crippen molar-refractivity contribution in [2.45, 2.75) is 0 Å². The van der Waals surface area contributed by atoms with Crippen LogP contribution in [0, 0.1) is 0 Å². The molecule has 13 heavy (non-hydrogen) atoms. The molecule has 0 radical (unpaired) electrons. The maximum absolute atomic E-state index is 11.1. The van der Waals surface area contributed by atoms with Crippen molar-refractivity contribution in [3.8, 4) is 0 Å². The second kappa shape index (κ2) is 4.69. The second-order valence-corrected chi connectivity index (χ2v) is 2.52. The molecule has 0 aromatic carbocycles. The van der Waals surface area contributed by atoms with Crippen LogP contribution >= 0.6 is 0 Å². The fourth-order valence-corrected chi connectivity index (χ4v) is 0.904. The lowest BCUT2D eigenvalue weighted by Crippen LogP contribution is -2.13. The number of methoxy groups -OCH3 is 1. The fraction of sp³-hybridized carbons (Fsp3) is 0.333. The number of ether oxygens (including phenoxy) is 2. The van der Waals surface area contributed by atoms with E-state index in [0.717, 1.165) is 0 Å². The molecular formula is C9H10O4. The summed E-state index contributed by atoms with van der Waals surface area (Å²) in [4.78, 5) is 22.0. The Hall–Kier alpha value is -1.26. The van der Waals surface area contributed by atoms with Crippen LogP contribution in [0.2, 0.25) is 0 Å². The van der Waals surface area contributed by atoms with E-state index < -0.39 is 0 Å². The molecule has 0 fully saturated rings. The molecular weight excluding hydrogens is 172 g/mol. The Morgan fingerprint density at radius 3 is 2.77 bits per heavy atom. The molecule has 0 amide bonds. The van der Waals surface area contributed by atoms with Crippen LogP contribution in [0.3, 0.4) is 0 Å². The summed E-state index contributed by atoms with van der Waals surface area (Å²) in [5.74, 6) is -0.369. The molecule has 0 saturated carbocycles. The van der Waals surface area contributed by atoms with Crippen LogP contribution in [-0.2, 0) is 19.1 Å². The van der Waals surface area contributed by atoms with Crippen molar-refractivity contribution in [3.05, 3.63) is 23.8 Å². The highest BCUT2D eigenvalue weighted by Gasteiger charge is 2.12. The largest absolute Gasteiger partial charge is 0.359 e. The molecule has 0 heterocycles. The van der Waals surface area contributed by atoms with Gasteiger partial charge >= 0.3 is 0 Å². The van der Waals surface area contributed by atoms with E-state index in [1.807, 2.05) is 0 Å². The minimum absolute atomic E-state index is 0.114. The minimum atomic E-state index is -0.185. The molecule has 1 rings (SSSR count). The number of hydrogen-bond donors (Lipinski definition) is 0. The van der Waals surface area contributed by atoms with Crippen molar-refractivity contribution in [1.82, 2.24) is 0 Å². The molecule has 0 aromatic heterocycles. The summed E-state index contributed by atoms with van der Waals surface area (Å²) in [7, 11) is 1.49. The first kappa shape index (κ1) is 9.83. The summed E-state index contributed by atoms with van der Waals surface area (Å²) >= 11 is 0. The lowest BCUT2D eigenvalue weighted by molar-refractivity contribution is -0.115. The summed E-state index contributed by atoms with van der Waals surface area (Å²) in [6.45, 7) is 0.227. The first-order valence-electron chi connectivity index (χ1n) is 3.77. The molecule has 0 saturated heterocycles. The normalized spacial score (nSPS) is 16.2. The van der Waals surface area contributed by atoms with Crippen molar-refractivity contribution >= 4 is 11.6 Å². The van der Waals surface area contributed by atoms with Gasteiger partial charge in [-0.2, -0.15) is 0 Å². The van der Waals surface area contributed by atoms with E-state index >= 15 is 0 Å². The van der Waals surface area contributed by atoms with Crippen molar-refractivity contribution in [3.63, 3.8) is 0 Å². The van der Waals surface area contributed by atoms with Gasteiger partial charge in [0.2, 0.25) is 0 Å². The van der Waals surface area contributed by atoms with Gasteiger partial charge in [-0.1, -0.05) is 0 Å². The van der Waals surface area contributed by atoms with Crippen LogP contribution in [0.15, 0.2) is 23.8 Å². The zero-order valence-corrected chi connectivity index (χ0v) is 7.28. The molecule has 0 aliphatic heterocycles. The van der Waals surface area contributed by atoms with Crippen LogP contribution in [-0.4, -0.2) is 32.1 Å². The Kier molecular flexibility index (Phi) is 3.54. The Morgan fingerprint density at radius 1 is 1.31 bits per heavy atom. The molecule has 70 valence electrons. The molecule has 1 aliphatic carbocycles. The number of rotatable bonds is 4. The van der Waals surface area contributed by atoms with E-state index in [4.69, 9.17) is 4.74 Å². The molecule has 4 heteroatoms. The quantitative estimate of drug-likeness (QED) is 0.355. The third-order valence-electron chi connectivity index (χ3n) is 1.49. The zero-order chi connectivity index (χ0) is 9.68. The highest BCUT2D eigenvalue weighted by molar-refractivity contribution is 6.17. The van der Waals surface area contributed by atoms with Crippen molar-refractivity contribution < 1.29 is 19.1 Å². The van der Waals surface area contributed by atoms with Gasteiger partial charge in [-0.25, -0.2) is 0 Å². The lowest BCUT2D eigenvalue weighted by atomic mass is 10.1. The summed E-state index contributed by atoms with van der Waals surface area (Å²) in [6, 6.07) is 0. The molecule has 0 unspecified atom stereocenters. The van der Waals surface area contributed by atoms with E-state index in [1.165, 1.54) is 25.3 Å². The van der Waals surface area contributed by atoms with Crippen molar-refractivity contribution in [2.75, 3.05) is 20.5 Å². The third kappa shape index (κ3) is 2.93. The van der Waals surface area contributed by atoms with Crippen LogP contribution in [0.5, 0.6) is 0 Å². The van der Waals surface area contributed by atoms with Gasteiger partial charge in [0.1, 0.15) is 6.79 Å². The molecule has 0 atom stereocenters. The van der Waals surface area contributed by atoms with Crippen LogP contribution in [0.4, 0.5) is 0 Å². The van der Waals surface area contributed by atoms with Crippen LogP contribution in [0.25, 0.3) is 0 Å². The first-order valence-corrected chi connectivity index (χ1v) is 3.77. The summed E-state index contributed by atoms with van der Waals surface area (Å²) < 4.78 is 9.57. The maximum atomic E-state index is 11.1. The lowest BCUT2D eigenvalue weighted by Gasteiger charge is -2.06. The molecule has 0 spiro atoms. The fourth-order valence-electron chi connectivity index (χ4n) is 0.904. The SMILES string of the molecule is COCOCC1=CC(=O)C=CC1=O. The van der Waals surface area contributed by atoms with E-state index in [-0.39, 0.29) is 25.0 Å². The number of carbonyl (C=O) groups is 2. The minimum Gasteiger partial charge on any atom is -0.359 e. The van der Waals surface area contributed by atoms with Crippen molar-refractivity contribution in [2.24, 2.45) is 0 Å². The Bertz CT molecular complexity index is 275. The molecule has 0 bridgehead atoms. The van der Waals surface area contributed by atoms with Gasteiger partial charge in [-0.3, -0.25) is 9.59 Å². The summed E-state index contributed by atoms with van der Waals surface area (Å²) in [6.07, 6.45) is 3.76. The monoisotopic (exact) mass is 182 g/mol. The van der Waals surface area contributed by atoms with Gasteiger partial charge in [0.05, 0.1) is 6.61 Å². The van der Waals surface area contributed by atoms with Gasteiger partial charge in [0.25, 0.3) is 0 Å². The topological polar surface area (TPSA) is 52.6 Å². The average molecular weight is 182 g/mol. The number of carbonyl (C=O) groups excluding carboxylic acids is 2. The number of hydrogen-bond acceptors (Lipinski definition) is 4. The first-order chi connectivity index (χ1) is 6.24. The smallest absolute Gasteiger partial charge is 0.184 e. The second-order valence-electron chi connectivity index (χ2n) is 2.52. The Morgan fingerprint density at radius 2 is 2.08 bits per heavy atom. The van der Waals surface area contributed by atoms with Gasteiger partial charge in [0.15, 0.2) is 11.6 Å². The van der Waals surface area contributed by atoms with E-state index in [0.29, 0.717) is 5.57 Å². The third-order valence-corrected chi connectivity index (χ3v) is 1.49. The highest BCUT2D eigenvalue weighted by Crippen LogP contribution is 2.05. The molecule has 1 aliphatic rings. The highest BCUT2D eigenvalue weighted by atomic mass is 16.7. The van der Waals surface area contributed by atoms with Gasteiger partial charge in [-0.05, 0) is 18.2 Å². The summed E-state index contributed by atoms with van der Waals surface area (Å²) in [5, 5.41) is 0. The van der Waals surface area contributed by atoms with E-state index in [1.54, 1.807) is 0 Å². The predicted octanol–water partition coefficient (Wildman–Crippen LogP) is 0.241. The van der Waals surface area contributed by atoms with Crippen LogP contribution in [0.1, 0.15) is 0 Å². The van der Waals surface area contributed by atoms with Crippen LogP contribution < -0.4 is 0 Å². The Labute approximate surface area is 75.8 Å². The molecule has 0 aromatic rings. The van der Waals surface area contributed by atoms with E-state index in [2.05, 4.69) is 4.74 Å². The summed E-state index contributed by atoms with van der Waals surface area (Å²) in [5.41, 5.74) is 0.365. The number of allylic oxidation sites excluding steroid dienone is 3.